The van der Waals surface area contributed by atoms with Crippen molar-refractivity contribution in [3.05, 3.63) is 59.7 Å². The zero-order valence-corrected chi connectivity index (χ0v) is 15.8. The van der Waals surface area contributed by atoms with Crippen LogP contribution in [-0.4, -0.2) is 32.9 Å². The number of amidine groups is 1. The van der Waals surface area contributed by atoms with Crippen LogP contribution in [0.25, 0.3) is 0 Å². The number of carbonyl (C=O) groups is 1. The van der Waals surface area contributed by atoms with Gasteiger partial charge in [0.25, 0.3) is 10.0 Å². The van der Waals surface area contributed by atoms with Crippen LogP contribution < -0.4 is 9.46 Å². The summed E-state index contributed by atoms with van der Waals surface area (Å²) in [5.41, 5.74) is 1.19. The average molecular weight is 388 g/mol. The molecule has 0 amide bonds. The molecule has 0 aromatic heterocycles. The number of benzene rings is 2. The van der Waals surface area contributed by atoms with Crippen molar-refractivity contribution in [2.24, 2.45) is 4.99 Å². The quantitative estimate of drug-likeness (QED) is 0.766. The van der Waals surface area contributed by atoms with Crippen molar-refractivity contribution < 1.29 is 22.7 Å². The van der Waals surface area contributed by atoms with E-state index in [0.29, 0.717) is 17.9 Å². The molecule has 0 spiro atoms. The topological polar surface area (TPSA) is 94.1 Å². The zero-order chi connectivity index (χ0) is 19.4. The maximum absolute atomic E-state index is 12.3. The highest BCUT2D eigenvalue weighted by molar-refractivity contribution is 7.90. The number of para-hydroxylation sites is 1. The molecule has 0 fully saturated rings. The van der Waals surface area contributed by atoms with Gasteiger partial charge >= 0.3 is 5.97 Å². The van der Waals surface area contributed by atoms with Crippen LogP contribution in [0.4, 0.5) is 0 Å². The summed E-state index contributed by atoms with van der Waals surface area (Å²) in [5.74, 6) is 0.242. The predicted octanol–water partition coefficient (Wildman–Crippen LogP) is 2.26. The highest BCUT2D eigenvalue weighted by Gasteiger charge is 2.31. The second-order valence-electron chi connectivity index (χ2n) is 5.90. The molecule has 8 heteroatoms. The molecule has 3 rings (SSSR count). The molecule has 0 saturated heterocycles. The van der Waals surface area contributed by atoms with Crippen molar-refractivity contribution in [2.45, 2.75) is 31.4 Å². The van der Waals surface area contributed by atoms with E-state index in [4.69, 9.17) is 9.47 Å². The Hall–Kier alpha value is -2.87. The molecule has 1 aliphatic rings. The largest absolute Gasteiger partial charge is 0.493 e. The molecule has 0 unspecified atom stereocenters. The molecular formula is C19H20N2O5S. The Morgan fingerprint density at radius 2 is 1.85 bits per heavy atom. The van der Waals surface area contributed by atoms with Crippen LogP contribution in [0.1, 0.15) is 25.0 Å². The van der Waals surface area contributed by atoms with E-state index in [1.807, 2.05) is 25.1 Å². The van der Waals surface area contributed by atoms with Crippen LogP contribution in [0.5, 0.6) is 5.75 Å². The lowest BCUT2D eigenvalue weighted by molar-refractivity contribution is -0.146. The van der Waals surface area contributed by atoms with Gasteiger partial charge in [0.1, 0.15) is 24.2 Å². The van der Waals surface area contributed by atoms with Crippen LogP contribution in [0.15, 0.2) is 58.4 Å². The average Bonchev–Trinajstić information content (AvgIpc) is 2.91. The Bertz CT molecular complexity index is 985. The first-order valence-corrected chi connectivity index (χ1v) is 9.98. The van der Waals surface area contributed by atoms with Crippen molar-refractivity contribution >= 4 is 21.8 Å². The molecular weight excluding hydrogens is 368 g/mol. The van der Waals surface area contributed by atoms with E-state index in [0.717, 1.165) is 5.56 Å². The summed E-state index contributed by atoms with van der Waals surface area (Å²) < 4.78 is 37.4. The number of sulfonamides is 1. The summed E-state index contributed by atoms with van der Waals surface area (Å²) in [6, 6.07) is 12.9. The van der Waals surface area contributed by atoms with Crippen LogP contribution in [0, 0.1) is 0 Å². The second kappa shape index (κ2) is 7.79. The van der Waals surface area contributed by atoms with Crippen molar-refractivity contribution in [2.75, 3.05) is 6.61 Å². The highest BCUT2D eigenvalue weighted by Crippen LogP contribution is 2.23. The van der Waals surface area contributed by atoms with Gasteiger partial charge in [-0.3, -0.25) is 9.71 Å². The van der Waals surface area contributed by atoms with Gasteiger partial charge in [0.2, 0.25) is 0 Å². The molecule has 0 aliphatic carbocycles. The Morgan fingerprint density at radius 1 is 1.15 bits per heavy atom. The lowest BCUT2D eigenvalue weighted by atomic mass is 10.2. The minimum absolute atomic E-state index is 0.0481. The number of carbonyl (C=O) groups excluding carboxylic acids is 1. The molecule has 1 aliphatic heterocycles. The van der Waals surface area contributed by atoms with Crippen LogP contribution in [-0.2, 0) is 26.2 Å². The first kappa shape index (κ1) is 18.9. The smallest absolute Gasteiger partial charge is 0.330 e. The van der Waals surface area contributed by atoms with E-state index >= 15 is 0 Å². The number of rotatable bonds is 6. The van der Waals surface area contributed by atoms with Crippen molar-refractivity contribution in [3.63, 3.8) is 0 Å². The van der Waals surface area contributed by atoms with Gasteiger partial charge in [0.15, 0.2) is 0 Å². The SMILES string of the molecule is CCOc1ccccc1COC(=O)[C@H](C)N=C1NS(=O)(=O)c2ccccc21. The third-order valence-corrected chi connectivity index (χ3v) is 5.37. The number of hydrogen-bond acceptors (Lipinski definition) is 6. The Labute approximate surface area is 158 Å². The summed E-state index contributed by atoms with van der Waals surface area (Å²) in [5, 5.41) is 0. The fourth-order valence-corrected chi connectivity index (χ4v) is 3.90. The molecule has 7 nitrogen and oxygen atoms in total. The van der Waals surface area contributed by atoms with Gasteiger partial charge in [-0.2, -0.15) is 0 Å². The number of esters is 1. The first-order valence-electron chi connectivity index (χ1n) is 8.49. The van der Waals surface area contributed by atoms with Gasteiger partial charge in [-0.05, 0) is 32.0 Å². The number of nitrogens with one attached hydrogen (secondary N) is 1. The molecule has 2 aromatic carbocycles. The Kier molecular flexibility index (Phi) is 5.46. The minimum atomic E-state index is -3.64. The fourth-order valence-electron chi connectivity index (χ4n) is 2.66. The van der Waals surface area contributed by atoms with E-state index in [-0.39, 0.29) is 17.3 Å². The summed E-state index contributed by atoms with van der Waals surface area (Å²) in [4.78, 5) is 16.7. The van der Waals surface area contributed by atoms with E-state index in [9.17, 15) is 13.2 Å². The Balaban J connectivity index is 1.71. The van der Waals surface area contributed by atoms with Gasteiger partial charge in [-0.1, -0.05) is 30.3 Å². The number of aliphatic imine (C=N–C) groups is 1. The van der Waals surface area contributed by atoms with Crippen LogP contribution >= 0.6 is 0 Å². The molecule has 0 saturated carbocycles. The molecule has 0 bridgehead atoms. The normalized spacial score (nSPS) is 17.0. The van der Waals surface area contributed by atoms with Gasteiger partial charge in [0.05, 0.1) is 11.5 Å². The molecule has 1 N–H and O–H groups in total. The number of ether oxygens (including phenoxy) is 2. The van der Waals surface area contributed by atoms with E-state index in [1.54, 1.807) is 31.2 Å². The third kappa shape index (κ3) is 4.11. The molecule has 1 heterocycles. The first-order chi connectivity index (χ1) is 12.9. The minimum Gasteiger partial charge on any atom is -0.493 e. The summed E-state index contributed by atoms with van der Waals surface area (Å²) in [7, 11) is -3.64. The molecule has 2 aromatic rings. The lowest BCUT2D eigenvalue weighted by Gasteiger charge is -2.12. The Morgan fingerprint density at radius 3 is 2.63 bits per heavy atom. The van der Waals surface area contributed by atoms with Crippen molar-refractivity contribution in [1.29, 1.82) is 0 Å². The standard InChI is InChI=1S/C19H20N2O5S/c1-3-25-16-10-6-4-8-14(16)12-26-19(22)13(2)20-18-15-9-5-7-11-17(15)27(23,24)21-18/h4-11,13H,3,12H2,1-2H3,(H,20,21)/t13-/m0/s1. The maximum atomic E-state index is 12.3. The lowest BCUT2D eigenvalue weighted by Crippen LogP contribution is -2.26. The fraction of sp³-hybridized carbons (Fsp3) is 0.263. The zero-order valence-electron chi connectivity index (χ0n) is 15.0. The summed E-state index contributed by atoms with van der Waals surface area (Å²) in [6.07, 6.45) is 0. The number of fused-ring (bicyclic) bond motifs is 1. The van der Waals surface area contributed by atoms with Crippen LogP contribution in [0.2, 0.25) is 0 Å². The number of hydrogen-bond donors (Lipinski definition) is 1. The van der Waals surface area contributed by atoms with E-state index in [2.05, 4.69) is 9.71 Å². The predicted molar refractivity (Wildman–Crippen MR) is 100 cm³/mol. The van der Waals surface area contributed by atoms with Gasteiger partial charge in [0, 0.05) is 11.1 Å². The summed E-state index contributed by atoms with van der Waals surface area (Å²) in [6.45, 7) is 3.99. The van der Waals surface area contributed by atoms with Crippen molar-refractivity contribution in [3.8, 4) is 5.75 Å². The molecule has 27 heavy (non-hydrogen) atoms. The molecule has 1 atom stereocenters. The second-order valence-corrected chi connectivity index (χ2v) is 7.55. The number of nitrogens with zero attached hydrogens (tertiary/aromatic N) is 1. The van der Waals surface area contributed by atoms with E-state index < -0.39 is 22.0 Å². The highest BCUT2D eigenvalue weighted by atomic mass is 32.2. The monoisotopic (exact) mass is 388 g/mol. The summed E-state index contributed by atoms with van der Waals surface area (Å²) >= 11 is 0. The third-order valence-electron chi connectivity index (χ3n) is 3.97. The van der Waals surface area contributed by atoms with Gasteiger partial charge in [-0.25, -0.2) is 13.2 Å². The maximum Gasteiger partial charge on any atom is 0.330 e. The molecule has 142 valence electrons. The van der Waals surface area contributed by atoms with Crippen molar-refractivity contribution in [1.82, 2.24) is 4.72 Å². The van der Waals surface area contributed by atoms with E-state index in [1.165, 1.54) is 6.07 Å². The molecule has 0 radical (unpaired) electrons. The van der Waals surface area contributed by atoms with Gasteiger partial charge in [-0.15, -0.1) is 0 Å². The van der Waals surface area contributed by atoms with Gasteiger partial charge < -0.3 is 9.47 Å². The van der Waals surface area contributed by atoms with Crippen LogP contribution in [0.3, 0.4) is 0 Å².